The molecule has 6 heteroatoms. The number of benzene rings is 2. The molecule has 0 bridgehead atoms. The highest BCUT2D eigenvalue weighted by Gasteiger charge is 2.32. The summed E-state index contributed by atoms with van der Waals surface area (Å²) in [6.45, 7) is 7.76. The van der Waals surface area contributed by atoms with Crippen LogP contribution >= 0.6 is 11.3 Å². The Hall–Kier alpha value is -2.86. The third-order valence-electron chi connectivity index (χ3n) is 5.38. The van der Waals surface area contributed by atoms with Crippen molar-refractivity contribution in [2.75, 3.05) is 5.01 Å². The van der Waals surface area contributed by atoms with E-state index in [1.54, 1.807) is 19.1 Å². The highest BCUT2D eigenvalue weighted by atomic mass is 32.1. The van der Waals surface area contributed by atoms with Crippen LogP contribution in [0.2, 0.25) is 0 Å². The molecule has 0 aliphatic carbocycles. The van der Waals surface area contributed by atoms with Gasteiger partial charge in [0, 0.05) is 13.3 Å². The zero-order chi connectivity index (χ0) is 21.4. The van der Waals surface area contributed by atoms with Crippen molar-refractivity contribution in [1.82, 2.24) is 4.98 Å². The molecule has 2 heterocycles. The highest BCUT2D eigenvalue weighted by Crippen LogP contribution is 2.39. The van der Waals surface area contributed by atoms with Gasteiger partial charge in [-0.1, -0.05) is 61.6 Å². The maximum absolute atomic E-state index is 13.4. The number of aryl methyl sites for hydroxylation is 1. The molecular weight excluding hydrogens is 397 g/mol. The fourth-order valence-electron chi connectivity index (χ4n) is 3.67. The second kappa shape index (κ2) is 8.11. The van der Waals surface area contributed by atoms with Crippen molar-refractivity contribution in [3.05, 3.63) is 81.6 Å². The normalized spacial score (nSPS) is 16.3. The van der Waals surface area contributed by atoms with Gasteiger partial charge in [-0.15, -0.1) is 0 Å². The Morgan fingerprint density at radius 3 is 2.37 bits per heavy atom. The molecule has 1 aliphatic heterocycles. The zero-order valence-corrected chi connectivity index (χ0v) is 18.3. The topological polar surface area (TPSA) is 45.6 Å². The summed E-state index contributed by atoms with van der Waals surface area (Å²) < 4.78 is 13.4. The Balaban J connectivity index is 1.75. The van der Waals surface area contributed by atoms with Gasteiger partial charge in [-0.2, -0.15) is 5.10 Å². The molecule has 1 atom stereocenters. The van der Waals surface area contributed by atoms with Crippen LogP contribution in [0.3, 0.4) is 0 Å². The number of hydrogen-bond acceptors (Lipinski definition) is 5. The lowest BCUT2D eigenvalue weighted by Crippen LogP contribution is -2.18. The number of rotatable bonds is 5. The number of aromatic nitrogens is 1. The number of Topliss-reactive ketones (excluding diaryl/α,β-unsaturated/α-hetero) is 1. The van der Waals surface area contributed by atoms with Gasteiger partial charge in [0.15, 0.2) is 5.78 Å². The summed E-state index contributed by atoms with van der Waals surface area (Å²) in [7, 11) is 0. The van der Waals surface area contributed by atoms with Crippen LogP contribution in [0.1, 0.15) is 71.2 Å². The van der Waals surface area contributed by atoms with Crippen molar-refractivity contribution >= 4 is 28.0 Å². The fraction of sp³-hybridized carbons (Fsp3) is 0.292. The summed E-state index contributed by atoms with van der Waals surface area (Å²) in [5, 5.41) is 7.46. The van der Waals surface area contributed by atoms with E-state index in [0.29, 0.717) is 22.3 Å². The average Bonchev–Trinajstić information content (AvgIpc) is 3.32. The summed E-state index contributed by atoms with van der Waals surface area (Å²) >= 11 is 1.37. The number of carbonyl (C=O) groups excluding carboxylic acids is 1. The van der Waals surface area contributed by atoms with Gasteiger partial charge in [0.1, 0.15) is 5.82 Å². The molecule has 0 saturated heterocycles. The molecule has 1 aliphatic rings. The van der Waals surface area contributed by atoms with Crippen LogP contribution in [0.15, 0.2) is 53.6 Å². The van der Waals surface area contributed by atoms with Crippen molar-refractivity contribution in [3.8, 4) is 0 Å². The summed E-state index contributed by atoms with van der Waals surface area (Å²) in [5.74, 6) is 0.206. The molecule has 0 N–H and O–H groups in total. The summed E-state index contributed by atoms with van der Waals surface area (Å²) in [6, 6.07) is 15.0. The molecule has 0 fully saturated rings. The third kappa shape index (κ3) is 3.92. The van der Waals surface area contributed by atoms with E-state index in [1.807, 2.05) is 11.9 Å². The Morgan fingerprint density at radius 2 is 1.80 bits per heavy atom. The molecule has 1 unspecified atom stereocenters. The number of nitrogens with zero attached hydrogens (tertiary/aromatic N) is 3. The molecule has 4 nitrogen and oxygen atoms in total. The van der Waals surface area contributed by atoms with Gasteiger partial charge >= 0.3 is 0 Å². The second-order valence-electron chi connectivity index (χ2n) is 7.91. The lowest BCUT2D eigenvalue weighted by Gasteiger charge is -2.21. The Labute approximate surface area is 180 Å². The van der Waals surface area contributed by atoms with E-state index in [4.69, 9.17) is 5.10 Å². The standard InChI is InChI=1S/C24H24FN3OS/c1-14(2)17-5-7-19(8-6-17)22-13-21(18-9-11-20(25)12-10-18)27-28(22)24-26-15(3)23(30-24)16(4)29/h5-12,14,22H,13H2,1-4H3. The minimum Gasteiger partial charge on any atom is -0.294 e. The van der Waals surface area contributed by atoms with Crippen molar-refractivity contribution in [2.24, 2.45) is 5.10 Å². The van der Waals surface area contributed by atoms with Crippen molar-refractivity contribution in [3.63, 3.8) is 0 Å². The lowest BCUT2D eigenvalue weighted by molar-refractivity contribution is 0.102. The third-order valence-corrected chi connectivity index (χ3v) is 6.62. The first kappa shape index (κ1) is 20.4. The van der Waals surface area contributed by atoms with Crippen LogP contribution in [0.5, 0.6) is 0 Å². The smallest absolute Gasteiger partial charge is 0.207 e. The van der Waals surface area contributed by atoms with Crippen molar-refractivity contribution in [1.29, 1.82) is 0 Å². The minimum absolute atomic E-state index is 0.0102. The molecule has 0 amide bonds. The molecule has 2 aromatic carbocycles. The van der Waals surface area contributed by atoms with E-state index in [-0.39, 0.29) is 17.6 Å². The Morgan fingerprint density at radius 1 is 1.13 bits per heavy atom. The minimum atomic E-state index is -0.267. The molecule has 0 saturated carbocycles. The number of hydrazone groups is 1. The first-order valence-electron chi connectivity index (χ1n) is 10.0. The van der Waals surface area contributed by atoms with E-state index >= 15 is 0 Å². The first-order chi connectivity index (χ1) is 14.3. The predicted molar refractivity (Wildman–Crippen MR) is 120 cm³/mol. The van der Waals surface area contributed by atoms with Gasteiger partial charge in [0.05, 0.1) is 22.3 Å². The second-order valence-corrected chi connectivity index (χ2v) is 8.88. The molecule has 3 aromatic rings. The molecule has 4 rings (SSSR count). The Kier molecular flexibility index (Phi) is 5.52. The number of thiazole rings is 1. The molecule has 0 spiro atoms. The highest BCUT2D eigenvalue weighted by molar-refractivity contribution is 7.17. The van der Waals surface area contributed by atoms with Crippen LogP contribution < -0.4 is 5.01 Å². The van der Waals surface area contributed by atoms with Gasteiger partial charge in [0.25, 0.3) is 0 Å². The molecule has 30 heavy (non-hydrogen) atoms. The van der Waals surface area contributed by atoms with Crippen molar-refractivity contribution < 1.29 is 9.18 Å². The van der Waals surface area contributed by atoms with Gasteiger partial charge < -0.3 is 0 Å². The van der Waals surface area contributed by atoms with Gasteiger partial charge in [-0.25, -0.2) is 14.4 Å². The number of ketones is 1. The van der Waals surface area contributed by atoms with Crippen LogP contribution in [0, 0.1) is 12.7 Å². The summed E-state index contributed by atoms with van der Waals surface area (Å²) in [4.78, 5) is 17.2. The van der Waals surface area contributed by atoms with Crippen LogP contribution in [-0.4, -0.2) is 16.5 Å². The largest absolute Gasteiger partial charge is 0.294 e. The number of halogens is 1. The van der Waals surface area contributed by atoms with E-state index < -0.39 is 0 Å². The van der Waals surface area contributed by atoms with Crippen LogP contribution in [-0.2, 0) is 0 Å². The van der Waals surface area contributed by atoms with Crippen LogP contribution in [0.4, 0.5) is 9.52 Å². The first-order valence-corrected chi connectivity index (χ1v) is 10.9. The summed E-state index contributed by atoms with van der Waals surface area (Å²) in [5.41, 5.74) is 4.92. The fourth-order valence-corrected chi connectivity index (χ4v) is 4.64. The Bertz CT molecular complexity index is 1100. The van der Waals surface area contributed by atoms with Crippen LogP contribution in [0.25, 0.3) is 0 Å². The number of hydrogen-bond donors (Lipinski definition) is 0. The number of anilines is 1. The van der Waals surface area contributed by atoms with E-state index in [1.165, 1.54) is 29.0 Å². The maximum atomic E-state index is 13.4. The summed E-state index contributed by atoms with van der Waals surface area (Å²) in [6.07, 6.45) is 0.681. The van der Waals surface area contributed by atoms with E-state index in [9.17, 15) is 9.18 Å². The lowest BCUT2D eigenvalue weighted by atomic mass is 9.95. The molecule has 0 radical (unpaired) electrons. The van der Waals surface area contributed by atoms with E-state index in [0.717, 1.165) is 22.5 Å². The number of carbonyl (C=O) groups is 1. The molecule has 154 valence electrons. The van der Waals surface area contributed by atoms with Gasteiger partial charge in [-0.05, 0) is 41.7 Å². The molecule has 1 aromatic heterocycles. The quantitative estimate of drug-likeness (QED) is 0.456. The monoisotopic (exact) mass is 421 g/mol. The maximum Gasteiger partial charge on any atom is 0.207 e. The SMILES string of the molecule is CC(=O)c1sc(N2N=C(c3ccc(F)cc3)CC2c2ccc(C(C)C)cc2)nc1C. The van der Waals surface area contributed by atoms with Gasteiger partial charge in [0.2, 0.25) is 5.13 Å². The zero-order valence-electron chi connectivity index (χ0n) is 17.5. The predicted octanol–water partition coefficient (Wildman–Crippen LogP) is 6.27. The van der Waals surface area contributed by atoms with Crippen molar-refractivity contribution in [2.45, 2.75) is 46.1 Å². The van der Waals surface area contributed by atoms with E-state index in [2.05, 4.69) is 43.1 Å². The van der Waals surface area contributed by atoms with Gasteiger partial charge in [-0.3, -0.25) is 4.79 Å². The molecular formula is C24H24FN3OS. The average molecular weight is 422 g/mol.